The maximum atomic E-state index is 15.4. The second-order valence-electron chi connectivity index (χ2n) is 9.97. The van der Waals surface area contributed by atoms with E-state index in [-0.39, 0.29) is 42.3 Å². The van der Waals surface area contributed by atoms with E-state index in [1.165, 1.54) is 47.4 Å². The Morgan fingerprint density at radius 3 is 2.17 bits per heavy atom. The fraction of sp³-hybridized carbons (Fsp3) is 0.242. The van der Waals surface area contributed by atoms with E-state index in [1.54, 1.807) is 32.0 Å². The number of carbonyl (C=O) groups is 3. The predicted molar refractivity (Wildman–Crippen MR) is 152 cm³/mol. The number of allylic oxidation sites excluding steroid dienone is 2. The number of para-hydroxylation sites is 1. The van der Waals surface area contributed by atoms with Crippen LogP contribution in [0.25, 0.3) is 0 Å². The molecule has 0 unspecified atom stereocenters. The van der Waals surface area contributed by atoms with E-state index in [9.17, 15) is 18.8 Å². The summed E-state index contributed by atoms with van der Waals surface area (Å²) in [6.07, 6.45) is 0.0946. The van der Waals surface area contributed by atoms with Gasteiger partial charge in [-0.3, -0.25) is 14.5 Å². The number of hydrogen-bond donors (Lipinski definition) is 1. The van der Waals surface area contributed by atoms with Crippen LogP contribution in [0.4, 0.5) is 14.5 Å². The molecule has 2 N–H and O–H groups in total. The van der Waals surface area contributed by atoms with Gasteiger partial charge < -0.3 is 15.2 Å². The molecule has 3 aromatic rings. The molecule has 5 rings (SSSR count). The van der Waals surface area contributed by atoms with Crippen molar-refractivity contribution >= 4 is 23.4 Å². The van der Waals surface area contributed by atoms with Crippen molar-refractivity contribution in [1.82, 2.24) is 0 Å². The average molecular weight is 573 g/mol. The minimum atomic E-state index is -1.25. The number of anilines is 1. The van der Waals surface area contributed by atoms with Crippen molar-refractivity contribution in [3.63, 3.8) is 0 Å². The number of halogens is 2. The number of rotatable bonds is 7. The van der Waals surface area contributed by atoms with Gasteiger partial charge >= 0.3 is 11.9 Å². The molecule has 0 fully saturated rings. The Morgan fingerprint density at radius 1 is 0.881 bits per heavy atom. The van der Waals surface area contributed by atoms with Gasteiger partial charge in [0.25, 0.3) is 0 Å². The van der Waals surface area contributed by atoms with Crippen LogP contribution in [-0.2, 0) is 23.9 Å². The zero-order chi connectivity index (χ0) is 30.0. The van der Waals surface area contributed by atoms with Crippen LogP contribution >= 0.6 is 0 Å². The first kappa shape index (κ1) is 28.7. The van der Waals surface area contributed by atoms with E-state index in [0.29, 0.717) is 16.8 Å². The van der Waals surface area contributed by atoms with Crippen molar-refractivity contribution in [2.45, 2.75) is 32.1 Å². The van der Waals surface area contributed by atoms with Crippen LogP contribution in [0.3, 0.4) is 0 Å². The van der Waals surface area contributed by atoms with Crippen molar-refractivity contribution in [1.29, 1.82) is 0 Å². The number of nitrogens with zero attached hydrogens (tertiary/aromatic N) is 1. The summed E-state index contributed by atoms with van der Waals surface area (Å²) in [5, 5.41) is 0. The Bertz CT molecular complexity index is 1580. The van der Waals surface area contributed by atoms with Crippen molar-refractivity contribution in [2.24, 2.45) is 11.7 Å². The van der Waals surface area contributed by atoms with Crippen LogP contribution < -0.4 is 10.6 Å². The molecular weight excluding hydrogens is 542 g/mol. The van der Waals surface area contributed by atoms with Gasteiger partial charge in [0.2, 0.25) is 0 Å². The summed E-state index contributed by atoms with van der Waals surface area (Å²) in [6, 6.07) is 20.2. The summed E-state index contributed by atoms with van der Waals surface area (Å²) < 4.78 is 40.2. The van der Waals surface area contributed by atoms with Crippen molar-refractivity contribution in [2.75, 3.05) is 18.1 Å². The molecule has 0 radical (unpaired) electrons. The lowest BCUT2D eigenvalue weighted by Gasteiger charge is -2.44. The molecule has 0 spiro atoms. The molecule has 216 valence electrons. The number of Topliss-reactive ketones (excluding diaryl/α,β-unsaturated/α-hetero) is 1. The second kappa shape index (κ2) is 12.0. The van der Waals surface area contributed by atoms with Crippen molar-refractivity contribution < 1.29 is 32.6 Å². The van der Waals surface area contributed by atoms with Crippen molar-refractivity contribution in [3.05, 3.63) is 124 Å². The maximum Gasteiger partial charge on any atom is 0.338 e. The normalized spacial score (nSPS) is 20.3. The number of hydrogen-bond acceptors (Lipinski definition) is 7. The third kappa shape index (κ3) is 5.06. The van der Waals surface area contributed by atoms with E-state index in [4.69, 9.17) is 15.2 Å². The van der Waals surface area contributed by atoms with E-state index < -0.39 is 47.1 Å². The first-order chi connectivity index (χ1) is 20.3. The van der Waals surface area contributed by atoms with Crippen LogP contribution in [0.15, 0.2) is 102 Å². The quantitative estimate of drug-likeness (QED) is 0.295. The van der Waals surface area contributed by atoms with Gasteiger partial charge in [-0.15, -0.1) is 0 Å². The van der Waals surface area contributed by atoms with Gasteiger partial charge in [0.1, 0.15) is 23.4 Å². The van der Waals surface area contributed by atoms with Gasteiger partial charge in [0.05, 0.1) is 30.4 Å². The summed E-state index contributed by atoms with van der Waals surface area (Å²) in [5.74, 6) is -6.42. The fourth-order valence-corrected chi connectivity index (χ4v) is 5.85. The number of nitrogens with two attached hydrogens (primary N) is 1. The van der Waals surface area contributed by atoms with E-state index in [2.05, 4.69) is 0 Å². The third-order valence-corrected chi connectivity index (χ3v) is 7.60. The van der Waals surface area contributed by atoms with Crippen LogP contribution in [0, 0.1) is 17.6 Å². The van der Waals surface area contributed by atoms with Crippen molar-refractivity contribution in [3.8, 4) is 0 Å². The van der Waals surface area contributed by atoms with Gasteiger partial charge in [-0.25, -0.2) is 13.6 Å². The highest BCUT2D eigenvalue weighted by Crippen LogP contribution is 2.51. The van der Waals surface area contributed by atoms with Crippen LogP contribution in [-0.4, -0.2) is 30.9 Å². The largest absolute Gasteiger partial charge is 0.465 e. The zero-order valence-electron chi connectivity index (χ0n) is 23.2. The Hall–Kier alpha value is -4.79. The first-order valence-corrected chi connectivity index (χ1v) is 13.7. The van der Waals surface area contributed by atoms with Crippen LogP contribution in [0.1, 0.15) is 43.2 Å². The minimum absolute atomic E-state index is 0.00678. The number of ether oxygens (including phenoxy) is 2. The Morgan fingerprint density at radius 2 is 1.52 bits per heavy atom. The lowest BCUT2D eigenvalue weighted by Crippen LogP contribution is -2.46. The highest BCUT2D eigenvalue weighted by atomic mass is 19.1. The van der Waals surface area contributed by atoms with Gasteiger partial charge in [-0.05, 0) is 55.7 Å². The Balaban J connectivity index is 1.83. The topological polar surface area (TPSA) is 98.9 Å². The number of ketones is 1. The van der Waals surface area contributed by atoms with E-state index in [1.807, 2.05) is 18.2 Å². The summed E-state index contributed by atoms with van der Waals surface area (Å²) in [4.78, 5) is 43.0. The third-order valence-electron chi connectivity index (χ3n) is 7.60. The van der Waals surface area contributed by atoms with Gasteiger partial charge in [-0.1, -0.05) is 54.6 Å². The molecule has 1 aliphatic carbocycles. The molecular formula is C33H30F2N2O5. The monoisotopic (exact) mass is 572 g/mol. The molecule has 1 aliphatic heterocycles. The summed E-state index contributed by atoms with van der Waals surface area (Å²) in [7, 11) is 0. The smallest absolute Gasteiger partial charge is 0.338 e. The van der Waals surface area contributed by atoms with E-state index >= 15 is 4.39 Å². The molecule has 3 aromatic carbocycles. The van der Waals surface area contributed by atoms with Gasteiger partial charge in [-0.2, -0.15) is 0 Å². The number of carbonyl (C=O) groups excluding carboxylic acids is 3. The summed E-state index contributed by atoms with van der Waals surface area (Å²) in [5.41, 5.74) is 8.14. The second-order valence-corrected chi connectivity index (χ2v) is 9.97. The molecule has 0 saturated heterocycles. The van der Waals surface area contributed by atoms with Crippen LogP contribution in [0.5, 0.6) is 0 Å². The molecule has 42 heavy (non-hydrogen) atoms. The highest BCUT2D eigenvalue weighted by molar-refractivity contribution is 6.14. The molecule has 7 nitrogen and oxygen atoms in total. The lowest BCUT2D eigenvalue weighted by atomic mass is 9.67. The fourth-order valence-electron chi connectivity index (χ4n) is 5.85. The highest BCUT2D eigenvalue weighted by Gasteiger charge is 2.51. The molecule has 1 heterocycles. The van der Waals surface area contributed by atoms with Crippen LogP contribution in [0.2, 0.25) is 0 Å². The van der Waals surface area contributed by atoms with Gasteiger partial charge in [0.15, 0.2) is 5.78 Å². The molecule has 0 saturated carbocycles. The standard InChI is InChI=1S/C33H30F2N2O5/c1-3-41-32(39)27-22(19-10-6-5-7-11-19)18-25-28(30(27)38)26(20-14-16-21(34)17-15-20)29(33(40)42-4-2)31(36)37(25)24-13-9-8-12-23(24)35/h5-17,22,26-27H,3-4,18,36H2,1-2H3/t22-,26-,27-/m1/s1. The number of esters is 2. The lowest BCUT2D eigenvalue weighted by molar-refractivity contribution is -0.152. The Kier molecular flexibility index (Phi) is 8.20. The summed E-state index contributed by atoms with van der Waals surface area (Å²) in [6.45, 7) is 3.33. The molecule has 2 aliphatic rings. The summed E-state index contributed by atoms with van der Waals surface area (Å²) >= 11 is 0. The molecule has 9 heteroatoms. The van der Waals surface area contributed by atoms with E-state index in [0.717, 1.165) is 0 Å². The molecule has 0 bridgehead atoms. The minimum Gasteiger partial charge on any atom is -0.465 e. The Labute approximate surface area is 242 Å². The SMILES string of the molecule is CCOC(=O)C1=C(N)N(c2ccccc2F)C2=C(C(=O)[C@H](C(=O)OCC)[C@@H](c3ccccc3)C2)[C@H]1c1ccc(F)cc1. The predicted octanol–water partition coefficient (Wildman–Crippen LogP) is 5.49. The average Bonchev–Trinajstić information content (AvgIpc) is 2.98. The van der Waals surface area contributed by atoms with Gasteiger partial charge in [0, 0.05) is 17.2 Å². The first-order valence-electron chi connectivity index (χ1n) is 13.7. The number of benzene rings is 3. The molecule has 0 amide bonds. The molecule has 0 aromatic heterocycles. The molecule has 3 atom stereocenters. The maximum absolute atomic E-state index is 15.4. The zero-order valence-corrected chi connectivity index (χ0v) is 23.2.